The average molecular weight is 258 g/mol. The number of thiophene rings is 1. The summed E-state index contributed by atoms with van der Waals surface area (Å²) >= 11 is 4.98. The van der Waals surface area contributed by atoms with Gasteiger partial charge in [0.2, 0.25) is 0 Å². The molecule has 0 unspecified atom stereocenters. The molecular formula is C6H10BrClN2S. The molecule has 0 fully saturated rings. The van der Waals surface area contributed by atoms with Crippen molar-refractivity contribution in [3.63, 3.8) is 0 Å². The second-order valence-electron chi connectivity index (χ2n) is 1.98. The molecule has 1 aromatic heterocycles. The van der Waals surface area contributed by atoms with Gasteiger partial charge in [0.25, 0.3) is 0 Å². The molecule has 0 aromatic carbocycles. The first-order valence-electron chi connectivity index (χ1n) is 2.95. The van der Waals surface area contributed by atoms with Crippen LogP contribution < -0.4 is 11.5 Å². The van der Waals surface area contributed by atoms with Gasteiger partial charge in [-0.05, 0) is 28.1 Å². The van der Waals surface area contributed by atoms with Crippen molar-refractivity contribution in [2.75, 3.05) is 6.54 Å². The number of hydrogen-bond donors (Lipinski definition) is 2. The van der Waals surface area contributed by atoms with Crippen molar-refractivity contribution in [2.24, 2.45) is 11.5 Å². The van der Waals surface area contributed by atoms with Gasteiger partial charge in [-0.1, -0.05) is 0 Å². The maximum absolute atomic E-state index is 5.67. The fourth-order valence-electron chi connectivity index (χ4n) is 0.644. The van der Waals surface area contributed by atoms with E-state index in [1.165, 1.54) is 0 Å². The molecule has 4 N–H and O–H groups in total. The molecule has 1 rings (SSSR count). The predicted molar refractivity (Wildman–Crippen MR) is 55.2 cm³/mol. The van der Waals surface area contributed by atoms with E-state index in [1.54, 1.807) is 11.3 Å². The summed E-state index contributed by atoms with van der Waals surface area (Å²) in [7, 11) is 0. The maximum Gasteiger partial charge on any atom is 0.0701 e. The van der Waals surface area contributed by atoms with Gasteiger partial charge in [-0.3, -0.25) is 0 Å². The first-order valence-corrected chi connectivity index (χ1v) is 4.56. The van der Waals surface area contributed by atoms with Crippen LogP contribution in [0.5, 0.6) is 0 Å². The highest BCUT2D eigenvalue weighted by atomic mass is 79.9. The van der Waals surface area contributed by atoms with Crippen molar-refractivity contribution in [3.8, 4) is 0 Å². The third kappa shape index (κ3) is 3.09. The zero-order valence-electron chi connectivity index (χ0n) is 5.79. The number of halogens is 2. The van der Waals surface area contributed by atoms with Crippen LogP contribution in [0.3, 0.4) is 0 Å². The van der Waals surface area contributed by atoms with Crippen LogP contribution in [0.25, 0.3) is 0 Å². The first-order chi connectivity index (χ1) is 4.74. The van der Waals surface area contributed by atoms with Gasteiger partial charge in [0, 0.05) is 11.4 Å². The van der Waals surface area contributed by atoms with Crippen molar-refractivity contribution in [2.45, 2.75) is 6.04 Å². The Hall–Kier alpha value is 0.390. The molecule has 0 spiro atoms. The SMILES string of the molecule is Cl.NC[C@H](N)c1ccc(Br)s1. The molecular weight excluding hydrogens is 248 g/mol. The Morgan fingerprint density at radius 1 is 1.55 bits per heavy atom. The van der Waals surface area contributed by atoms with Gasteiger partial charge in [0.1, 0.15) is 0 Å². The lowest BCUT2D eigenvalue weighted by Gasteiger charge is -2.02. The van der Waals surface area contributed by atoms with Crippen molar-refractivity contribution < 1.29 is 0 Å². The lowest BCUT2D eigenvalue weighted by molar-refractivity contribution is 0.752. The van der Waals surface area contributed by atoms with E-state index < -0.39 is 0 Å². The molecule has 1 atom stereocenters. The number of hydrogen-bond acceptors (Lipinski definition) is 3. The molecule has 2 nitrogen and oxygen atoms in total. The average Bonchev–Trinajstić information content (AvgIpc) is 2.34. The van der Waals surface area contributed by atoms with Crippen LogP contribution in [0.2, 0.25) is 0 Å². The summed E-state index contributed by atoms with van der Waals surface area (Å²) in [5.41, 5.74) is 11.1. The molecule has 0 amide bonds. The summed E-state index contributed by atoms with van der Waals surface area (Å²) in [6.07, 6.45) is 0. The normalized spacial score (nSPS) is 12.3. The Morgan fingerprint density at radius 2 is 2.18 bits per heavy atom. The van der Waals surface area contributed by atoms with E-state index in [2.05, 4.69) is 15.9 Å². The van der Waals surface area contributed by atoms with Crippen molar-refractivity contribution in [1.82, 2.24) is 0 Å². The quantitative estimate of drug-likeness (QED) is 0.850. The van der Waals surface area contributed by atoms with E-state index in [-0.39, 0.29) is 18.4 Å². The minimum absolute atomic E-state index is 0. The van der Waals surface area contributed by atoms with Crippen LogP contribution in [0.4, 0.5) is 0 Å². The van der Waals surface area contributed by atoms with Crippen LogP contribution in [0, 0.1) is 0 Å². The Balaban J connectivity index is 0.000001000. The largest absolute Gasteiger partial charge is 0.329 e. The predicted octanol–water partition coefficient (Wildman–Crippen LogP) is 1.89. The van der Waals surface area contributed by atoms with E-state index >= 15 is 0 Å². The summed E-state index contributed by atoms with van der Waals surface area (Å²) in [5.74, 6) is 0. The number of rotatable bonds is 2. The zero-order valence-corrected chi connectivity index (χ0v) is 9.01. The number of nitrogens with two attached hydrogens (primary N) is 2. The van der Waals surface area contributed by atoms with Gasteiger partial charge in [0.05, 0.1) is 9.83 Å². The second-order valence-corrected chi connectivity index (χ2v) is 4.48. The molecule has 11 heavy (non-hydrogen) atoms. The van der Waals surface area contributed by atoms with E-state index in [1.807, 2.05) is 12.1 Å². The molecule has 0 saturated carbocycles. The smallest absolute Gasteiger partial charge is 0.0701 e. The molecule has 0 radical (unpaired) electrons. The minimum Gasteiger partial charge on any atom is -0.329 e. The summed E-state index contributed by atoms with van der Waals surface area (Å²) < 4.78 is 1.10. The monoisotopic (exact) mass is 256 g/mol. The molecule has 0 aliphatic carbocycles. The molecule has 0 saturated heterocycles. The molecule has 64 valence electrons. The Bertz CT molecular complexity index is 216. The lowest BCUT2D eigenvalue weighted by atomic mass is 10.3. The van der Waals surface area contributed by atoms with E-state index in [4.69, 9.17) is 11.5 Å². The molecule has 1 aromatic rings. The van der Waals surface area contributed by atoms with Gasteiger partial charge in [-0.25, -0.2) is 0 Å². The van der Waals surface area contributed by atoms with Crippen molar-refractivity contribution in [3.05, 3.63) is 20.8 Å². The highest BCUT2D eigenvalue weighted by Gasteiger charge is 2.04. The Kier molecular flexibility index (Phi) is 5.29. The van der Waals surface area contributed by atoms with Crippen LogP contribution in [-0.2, 0) is 0 Å². The highest BCUT2D eigenvalue weighted by molar-refractivity contribution is 9.11. The van der Waals surface area contributed by atoms with E-state index in [0.717, 1.165) is 8.66 Å². The lowest BCUT2D eigenvalue weighted by Crippen LogP contribution is -2.19. The van der Waals surface area contributed by atoms with Crippen LogP contribution >= 0.6 is 39.7 Å². The third-order valence-corrected chi connectivity index (χ3v) is 2.97. The second kappa shape index (κ2) is 5.11. The highest BCUT2D eigenvalue weighted by Crippen LogP contribution is 2.25. The molecule has 5 heteroatoms. The van der Waals surface area contributed by atoms with Crippen molar-refractivity contribution >= 4 is 39.7 Å². The maximum atomic E-state index is 5.67. The molecule has 0 aliphatic rings. The van der Waals surface area contributed by atoms with E-state index in [9.17, 15) is 0 Å². The molecule has 0 aliphatic heterocycles. The summed E-state index contributed by atoms with van der Waals surface area (Å²) in [6, 6.07) is 3.97. The van der Waals surface area contributed by atoms with Crippen LogP contribution in [-0.4, -0.2) is 6.54 Å². The fraction of sp³-hybridized carbons (Fsp3) is 0.333. The van der Waals surface area contributed by atoms with Gasteiger partial charge < -0.3 is 11.5 Å². The zero-order chi connectivity index (χ0) is 7.56. The molecule has 0 bridgehead atoms. The first kappa shape index (κ1) is 11.4. The van der Waals surface area contributed by atoms with Gasteiger partial charge in [-0.15, -0.1) is 23.7 Å². The minimum atomic E-state index is -0.00343. The van der Waals surface area contributed by atoms with Crippen LogP contribution in [0.15, 0.2) is 15.9 Å². The standard InChI is InChI=1S/C6H9BrN2S.ClH/c7-6-2-1-5(10-6)4(9)3-8;/h1-2,4H,3,8-9H2;1H/t4-;/m0./s1. The summed E-state index contributed by atoms with van der Waals surface area (Å²) in [4.78, 5) is 1.13. The third-order valence-electron chi connectivity index (χ3n) is 1.21. The van der Waals surface area contributed by atoms with Gasteiger partial charge >= 0.3 is 0 Å². The fourth-order valence-corrected chi connectivity index (χ4v) is 2.08. The topological polar surface area (TPSA) is 52.0 Å². The van der Waals surface area contributed by atoms with E-state index in [0.29, 0.717) is 6.54 Å². The Morgan fingerprint density at radius 3 is 2.55 bits per heavy atom. The summed E-state index contributed by atoms with van der Waals surface area (Å²) in [5, 5.41) is 0. The Labute approximate surface area is 84.5 Å². The summed E-state index contributed by atoms with van der Waals surface area (Å²) in [6.45, 7) is 0.507. The van der Waals surface area contributed by atoms with Gasteiger partial charge in [-0.2, -0.15) is 0 Å². The van der Waals surface area contributed by atoms with Crippen LogP contribution in [0.1, 0.15) is 10.9 Å². The molecule has 1 heterocycles. The van der Waals surface area contributed by atoms with Gasteiger partial charge in [0.15, 0.2) is 0 Å². The van der Waals surface area contributed by atoms with Crippen molar-refractivity contribution in [1.29, 1.82) is 0 Å².